The number of ether oxygens (including phenoxy) is 1. The number of carbonyl (C=O) groups is 2. The maximum absolute atomic E-state index is 12.5. The Morgan fingerprint density at radius 1 is 0.833 bits per heavy atom. The number of carbonyl (C=O) groups excluding carboxylic acids is 1. The van der Waals surface area contributed by atoms with Crippen molar-refractivity contribution < 1.29 is 19.4 Å². The molecule has 0 bridgehead atoms. The molecule has 0 fully saturated rings. The number of aliphatic carboxylic acids is 1. The number of rotatable bonds is 16. The molecule has 0 aromatic rings. The summed E-state index contributed by atoms with van der Waals surface area (Å²) in [5.74, 6) is -0.734. The third-order valence-electron chi connectivity index (χ3n) is 5.06. The Morgan fingerprint density at radius 3 is 2.00 bits per heavy atom. The molecule has 0 aliphatic rings. The highest BCUT2D eigenvalue weighted by atomic mass is 16.5. The molecular weight excluding hydrogens is 304 g/mol. The normalized spacial score (nSPS) is 11.5. The first-order valence-electron chi connectivity index (χ1n) is 9.91. The highest BCUT2D eigenvalue weighted by molar-refractivity contribution is 5.76. The molecule has 0 saturated heterocycles. The van der Waals surface area contributed by atoms with Gasteiger partial charge in [-0.25, -0.2) is 0 Å². The van der Waals surface area contributed by atoms with Gasteiger partial charge in [0, 0.05) is 6.42 Å². The lowest BCUT2D eigenvalue weighted by Crippen LogP contribution is -2.32. The van der Waals surface area contributed by atoms with Gasteiger partial charge in [-0.3, -0.25) is 9.59 Å². The summed E-state index contributed by atoms with van der Waals surface area (Å²) >= 11 is 0. The van der Waals surface area contributed by atoms with Crippen molar-refractivity contribution in [3.05, 3.63) is 0 Å². The number of esters is 1. The van der Waals surface area contributed by atoms with Crippen LogP contribution in [0.1, 0.15) is 104 Å². The number of carboxylic acids is 1. The molecule has 0 unspecified atom stereocenters. The molecule has 0 radical (unpaired) electrons. The van der Waals surface area contributed by atoms with Crippen LogP contribution in [-0.2, 0) is 14.3 Å². The van der Waals surface area contributed by atoms with Crippen LogP contribution in [0.3, 0.4) is 0 Å². The fourth-order valence-corrected chi connectivity index (χ4v) is 3.11. The SMILES string of the molecule is CCCCCCOC(=O)C(CC)(CC)CCCCCCCC(=O)O. The Bertz CT molecular complexity index is 335. The average Bonchev–Trinajstić information content (AvgIpc) is 2.57. The van der Waals surface area contributed by atoms with Gasteiger partial charge in [-0.1, -0.05) is 65.7 Å². The van der Waals surface area contributed by atoms with Crippen LogP contribution in [-0.4, -0.2) is 23.7 Å². The molecule has 0 rings (SSSR count). The van der Waals surface area contributed by atoms with Crippen LogP contribution in [0.4, 0.5) is 0 Å². The smallest absolute Gasteiger partial charge is 0.312 e. The van der Waals surface area contributed by atoms with Crippen molar-refractivity contribution in [2.75, 3.05) is 6.61 Å². The zero-order valence-electron chi connectivity index (χ0n) is 16.1. The quantitative estimate of drug-likeness (QED) is 0.287. The van der Waals surface area contributed by atoms with Crippen molar-refractivity contribution in [1.82, 2.24) is 0 Å². The first-order valence-corrected chi connectivity index (χ1v) is 9.91. The summed E-state index contributed by atoms with van der Waals surface area (Å²) in [4.78, 5) is 23.0. The van der Waals surface area contributed by atoms with Gasteiger partial charge in [0.05, 0.1) is 12.0 Å². The van der Waals surface area contributed by atoms with Crippen LogP contribution in [0.2, 0.25) is 0 Å². The van der Waals surface area contributed by atoms with Gasteiger partial charge in [-0.05, 0) is 32.1 Å². The van der Waals surface area contributed by atoms with Gasteiger partial charge in [-0.15, -0.1) is 0 Å². The maximum Gasteiger partial charge on any atom is 0.312 e. The lowest BCUT2D eigenvalue weighted by Gasteiger charge is -2.29. The van der Waals surface area contributed by atoms with Gasteiger partial charge >= 0.3 is 11.9 Å². The molecule has 0 aromatic carbocycles. The second kappa shape index (κ2) is 14.3. The first kappa shape index (κ1) is 22.9. The first-order chi connectivity index (χ1) is 11.5. The monoisotopic (exact) mass is 342 g/mol. The van der Waals surface area contributed by atoms with E-state index in [2.05, 4.69) is 20.8 Å². The zero-order valence-corrected chi connectivity index (χ0v) is 16.1. The van der Waals surface area contributed by atoms with Crippen molar-refractivity contribution in [3.8, 4) is 0 Å². The summed E-state index contributed by atoms with van der Waals surface area (Å²) in [5.41, 5.74) is -0.328. The second-order valence-electron chi connectivity index (χ2n) is 6.85. The van der Waals surface area contributed by atoms with Crippen LogP contribution in [0.25, 0.3) is 0 Å². The summed E-state index contributed by atoms with van der Waals surface area (Å²) in [6, 6.07) is 0. The van der Waals surface area contributed by atoms with E-state index < -0.39 is 5.97 Å². The number of unbranched alkanes of at least 4 members (excludes halogenated alkanes) is 7. The van der Waals surface area contributed by atoms with E-state index in [1.54, 1.807) is 0 Å². The topological polar surface area (TPSA) is 63.6 Å². The van der Waals surface area contributed by atoms with E-state index in [0.29, 0.717) is 6.61 Å². The summed E-state index contributed by atoms with van der Waals surface area (Å²) in [5, 5.41) is 8.61. The lowest BCUT2D eigenvalue weighted by atomic mass is 9.77. The van der Waals surface area contributed by atoms with Crippen LogP contribution in [0, 0.1) is 5.41 Å². The minimum absolute atomic E-state index is 0.0186. The van der Waals surface area contributed by atoms with Crippen LogP contribution >= 0.6 is 0 Å². The van der Waals surface area contributed by atoms with Crippen molar-refractivity contribution in [3.63, 3.8) is 0 Å². The summed E-state index contributed by atoms with van der Waals surface area (Å²) in [6.45, 7) is 6.88. The minimum Gasteiger partial charge on any atom is -0.481 e. The molecule has 0 amide bonds. The van der Waals surface area contributed by atoms with Gasteiger partial charge in [0.1, 0.15) is 0 Å². The fourth-order valence-electron chi connectivity index (χ4n) is 3.11. The summed E-state index contributed by atoms with van der Waals surface area (Å²) < 4.78 is 5.55. The molecule has 4 heteroatoms. The van der Waals surface area contributed by atoms with Crippen LogP contribution < -0.4 is 0 Å². The molecular formula is C20H38O4. The minimum atomic E-state index is -0.715. The predicted molar refractivity (Wildman–Crippen MR) is 98.1 cm³/mol. The largest absolute Gasteiger partial charge is 0.481 e. The van der Waals surface area contributed by atoms with Crippen molar-refractivity contribution in [2.24, 2.45) is 5.41 Å². The van der Waals surface area contributed by atoms with E-state index in [9.17, 15) is 9.59 Å². The fraction of sp³-hybridized carbons (Fsp3) is 0.900. The molecule has 0 atom stereocenters. The molecule has 4 nitrogen and oxygen atoms in total. The van der Waals surface area contributed by atoms with Crippen molar-refractivity contribution >= 4 is 11.9 Å². The van der Waals surface area contributed by atoms with Crippen LogP contribution in [0.15, 0.2) is 0 Å². The standard InChI is InChI=1S/C20H38O4/c1-4-7-8-14-17-24-19(23)20(5-2,6-3)16-13-11-9-10-12-15-18(21)22/h4-17H2,1-3H3,(H,21,22). The third-order valence-corrected chi connectivity index (χ3v) is 5.06. The Hall–Kier alpha value is -1.06. The molecule has 0 aromatic heterocycles. The number of hydrogen-bond acceptors (Lipinski definition) is 3. The predicted octanol–water partition coefficient (Wildman–Crippen LogP) is 5.73. The van der Waals surface area contributed by atoms with Crippen molar-refractivity contribution in [2.45, 2.75) is 104 Å². The Balaban J connectivity index is 4.05. The molecule has 0 spiro atoms. The molecule has 24 heavy (non-hydrogen) atoms. The van der Waals surface area contributed by atoms with Gasteiger partial charge in [-0.2, -0.15) is 0 Å². The average molecular weight is 343 g/mol. The van der Waals surface area contributed by atoms with E-state index in [4.69, 9.17) is 9.84 Å². The molecule has 142 valence electrons. The van der Waals surface area contributed by atoms with E-state index in [1.165, 1.54) is 12.8 Å². The molecule has 0 saturated carbocycles. The third kappa shape index (κ3) is 9.94. The highest BCUT2D eigenvalue weighted by Gasteiger charge is 2.35. The second-order valence-corrected chi connectivity index (χ2v) is 6.85. The molecule has 0 aliphatic heterocycles. The highest BCUT2D eigenvalue weighted by Crippen LogP contribution is 2.34. The molecule has 0 heterocycles. The maximum atomic E-state index is 12.5. The Labute approximate surface area is 148 Å². The van der Waals surface area contributed by atoms with E-state index in [-0.39, 0.29) is 17.8 Å². The Kier molecular flexibility index (Phi) is 13.7. The van der Waals surface area contributed by atoms with Gasteiger partial charge in [0.15, 0.2) is 0 Å². The number of carboxylic acid groups (broad SMARTS) is 1. The molecule has 1 N–H and O–H groups in total. The molecule has 0 aliphatic carbocycles. The summed E-state index contributed by atoms with van der Waals surface area (Å²) in [6.07, 6.45) is 12.1. The Morgan fingerprint density at radius 2 is 1.42 bits per heavy atom. The van der Waals surface area contributed by atoms with E-state index in [0.717, 1.165) is 64.2 Å². The number of hydrogen-bond donors (Lipinski definition) is 1. The van der Waals surface area contributed by atoms with E-state index in [1.807, 2.05) is 0 Å². The van der Waals surface area contributed by atoms with Gasteiger partial charge < -0.3 is 9.84 Å². The van der Waals surface area contributed by atoms with Crippen LogP contribution in [0.5, 0.6) is 0 Å². The lowest BCUT2D eigenvalue weighted by molar-refractivity contribution is -0.157. The zero-order chi connectivity index (χ0) is 18.3. The van der Waals surface area contributed by atoms with Gasteiger partial charge in [0.2, 0.25) is 0 Å². The van der Waals surface area contributed by atoms with Gasteiger partial charge in [0.25, 0.3) is 0 Å². The van der Waals surface area contributed by atoms with E-state index >= 15 is 0 Å². The van der Waals surface area contributed by atoms with Crippen molar-refractivity contribution in [1.29, 1.82) is 0 Å². The summed E-state index contributed by atoms with van der Waals surface area (Å²) in [7, 11) is 0.